The maximum Gasteiger partial charge on any atom is 0.239 e. The summed E-state index contributed by atoms with van der Waals surface area (Å²) in [5.74, 6) is 0.220. The van der Waals surface area contributed by atoms with E-state index in [1.807, 2.05) is 11.8 Å². The molecule has 2 aliphatic rings. The van der Waals surface area contributed by atoms with Crippen LogP contribution in [0.25, 0.3) is 0 Å². The van der Waals surface area contributed by atoms with Crippen molar-refractivity contribution in [1.29, 1.82) is 0 Å². The van der Waals surface area contributed by atoms with Crippen LogP contribution in [-0.2, 0) is 9.53 Å². The summed E-state index contributed by atoms with van der Waals surface area (Å²) in [7, 11) is 0. The van der Waals surface area contributed by atoms with E-state index in [1.54, 1.807) is 0 Å². The van der Waals surface area contributed by atoms with Crippen molar-refractivity contribution in [2.45, 2.75) is 25.4 Å². The smallest absolute Gasteiger partial charge is 0.239 e. The molecule has 0 bridgehead atoms. The van der Waals surface area contributed by atoms with Gasteiger partial charge in [0.15, 0.2) is 0 Å². The molecule has 2 fully saturated rings. The third kappa shape index (κ3) is 2.53. The first-order chi connectivity index (χ1) is 7.68. The number of ether oxygens (including phenoxy) is 1. The zero-order valence-electron chi connectivity index (χ0n) is 9.89. The summed E-state index contributed by atoms with van der Waals surface area (Å²) in [5.41, 5.74) is 5.85. The normalized spacial score (nSPS) is 29.4. The van der Waals surface area contributed by atoms with Crippen LogP contribution in [0, 0.1) is 0 Å². The van der Waals surface area contributed by atoms with Crippen molar-refractivity contribution in [2.75, 3.05) is 39.4 Å². The Morgan fingerprint density at radius 1 is 1.38 bits per heavy atom. The SMILES string of the molecule is CC(C(=O)N1CCOCC1)N1CCC(N)C1. The predicted molar refractivity (Wildman–Crippen MR) is 61.0 cm³/mol. The molecule has 1 amide bonds. The second kappa shape index (κ2) is 5.12. The predicted octanol–water partition coefficient (Wildman–Crippen LogP) is -0.733. The number of rotatable bonds is 2. The fraction of sp³-hybridized carbons (Fsp3) is 0.909. The molecule has 2 aliphatic heterocycles. The fourth-order valence-electron chi connectivity index (χ4n) is 2.37. The minimum atomic E-state index is -0.0355. The molecule has 0 aromatic carbocycles. The Kier molecular flexibility index (Phi) is 3.78. The molecule has 2 N–H and O–H groups in total. The van der Waals surface area contributed by atoms with Crippen molar-refractivity contribution in [3.63, 3.8) is 0 Å². The van der Waals surface area contributed by atoms with Gasteiger partial charge in [0.05, 0.1) is 19.3 Å². The molecule has 2 heterocycles. The van der Waals surface area contributed by atoms with E-state index < -0.39 is 0 Å². The largest absolute Gasteiger partial charge is 0.378 e. The number of morpholine rings is 1. The average molecular weight is 227 g/mol. The van der Waals surface area contributed by atoms with Gasteiger partial charge < -0.3 is 15.4 Å². The number of carbonyl (C=O) groups excluding carboxylic acids is 1. The highest BCUT2D eigenvalue weighted by atomic mass is 16.5. The lowest BCUT2D eigenvalue weighted by atomic mass is 10.2. The highest BCUT2D eigenvalue weighted by Gasteiger charge is 2.30. The first kappa shape index (κ1) is 11.8. The van der Waals surface area contributed by atoms with E-state index in [4.69, 9.17) is 10.5 Å². The molecule has 2 unspecified atom stereocenters. The number of carbonyl (C=O) groups is 1. The van der Waals surface area contributed by atoms with E-state index in [0.29, 0.717) is 13.2 Å². The molecule has 0 saturated carbocycles. The van der Waals surface area contributed by atoms with Crippen molar-refractivity contribution in [2.24, 2.45) is 5.73 Å². The van der Waals surface area contributed by atoms with Gasteiger partial charge in [0.25, 0.3) is 0 Å². The average Bonchev–Trinajstić information content (AvgIpc) is 2.75. The quantitative estimate of drug-likeness (QED) is 0.675. The van der Waals surface area contributed by atoms with Gasteiger partial charge in [-0.25, -0.2) is 0 Å². The summed E-state index contributed by atoms with van der Waals surface area (Å²) in [6.07, 6.45) is 1.00. The highest BCUT2D eigenvalue weighted by Crippen LogP contribution is 2.13. The van der Waals surface area contributed by atoms with Crippen molar-refractivity contribution >= 4 is 5.91 Å². The summed E-state index contributed by atoms with van der Waals surface area (Å²) in [6, 6.07) is 0.201. The lowest BCUT2D eigenvalue weighted by Crippen LogP contribution is -2.50. The van der Waals surface area contributed by atoms with Crippen molar-refractivity contribution in [3.8, 4) is 0 Å². The standard InChI is InChI=1S/C11H21N3O2/c1-9(14-3-2-10(12)8-14)11(15)13-4-6-16-7-5-13/h9-10H,2-8,12H2,1H3. The van der Waals surface area contributed by atoms with Crippen molar-refractivity contribution < 1.29 is 9.53 Å². The molecule has 0 spiro atoms. The summed E-state index contributed by atoms with van der Waals surface area (Å²) >= 11 is 0. The molecule has 0 aliphatic carbocycles. The number of hydrogen-bond acceptors (Lipinski definition) is 4. The summed E-state index contributed by atoms with van der Waals surface area (Å²) < 4.78 is 5.24. The molecule has 5 heteroatoms. The number of amides is 1. The molecule has 2 saturated heterocycles. The third-order valence-corrected chi connectivity index (χ3v) is 3.48. The minimum absolute atomic E-state index is 0.0355. The van der Waals surface area contributed by atoms with E-state index >= 15 is 0 Å². The van der Waals surface area contributed by atoms with Crippen LogP contribution in [0.3, 0.4) is 0 Å². The zero-order valence-corrected chi connectivity index (χ0v) is 9.89. The maximum absolute atomic E-state index is 12.2. The minimum Gasteiger partial charge on any atom is -0.378 e. The molecule has 5 nitrogen and oxygen atoms in total. The number of hydrogen-bond donors (Lipinski definition) is 1. The summed E-state index contributed by atoms with van der Waals surface area (Å²) in [4.78, 5) is 16.3. The lowest BCUT2D eigenvalue weighted by Gasteiger charge is -2.32. The molecule has 16 heavy (non-hydrogen) atoms. The van der Waals surface area contributed by atoms with Crippen LogP contribution < -0.4 is 5.73 Å². The van der Waals surface area contributed by atoms with Gasteiger partial charge in [-0.15, -0.1) is 0 Å². The van der Waals surface area contributed by atoms with Gasteiger partial charge in [0, 0.05) is 32.2 Å². The Morgan fingerprint density at radius 3 is 2.62 bits per heavy atom. The van der Waals surface area contributed by atoms with Gasteiger partial charge in [-0.1, -0.05) is 0 Å². The topological polar surface area (TPSA) is 58.8 Å². The number of likely N-dealkylation sites (tertiary alicyclic amines) is 1. The van der Waals surface area contributed by atoms with Crippen LogP contribution >= 0.6 is 0 Å². The number of nitrogens with two attached hydrogens (primary N) is 1. The van der Waals surface area contributed by atoms with Crippen LogP contribution in [0.1, 0.15) is 13.3 Å². The molecule has 0 aromatic heterocycles. The van der Waals surface area contributed by atoms with Crippen LogP contribution in [0.5, 0.6) is 0 Å². The molecule has 2 rings (SSSR count). The molecular weight excluding hydrogens is 206 g/mol. The summed E-state index contributed by atoms with van der Waals surface area (Å²) in [6.45, 7) is 6.55. The van der Waals surface area contributed by atoms with Gasteiger partial charge >= 0.3 is 0 Å². The number of nitrogens with zero attached hydrogens (tertiary/aromatic N) is 2. The van der Waals surface area contributed by atoms with Crippen LogP contribution in [0.2, 0.25) is 0 Å². The summed E-state index contributed by atoms with van der Waals surface area (Å²) in [5, 5.41) is 0. The van der Waals surface area contributed by atoms with Crippen LogP contribution in [0.15, 0.2) is 0 Å². The second-order valence-corrected chi connectivity index (χ2v) is 4.66. The van der Waals surface area contributed by atoms with Crippen LogP contribution in [0.4, 0.5) is 0 Å². The van der Waals surface area contributed by atoms with Crippen molar-refractivity contribution in [1.82, 2.24) is 9.80 Å². The van der Waals surface area contributed by atoms with Gasteiger partial charge in [-0.3, -0.25) is 9.69 Å². The van der Waals surface area contributed by atoms with Gasteiger partial charge in [0.2, 0.25) is 5.91 Å². The molecular formula is C11H21N3O2. The Balaban J connectivity index is 1.88. The van der Waals surface area contributed by atoms with Gasteiger partial charge in [0.1, 0.15) is 0 Å². The van der Waals surface area contributed by atoms with E-state index in [1.165, 1.54) is 0 Å². The van der Waals surface area contributed by atoms with E-state index in [0.717, 1.165) is 32.6 Å². The maximum atomic E-state index is 12.2. The third-order valence-electron chi connectivity index (χ3n) is 3.48. The second-order valence-electron chi connectivity index (χ2n) is 4.66. The molecule has 92 valence electrons. The van der Waals surface area contributed by atoms with E-state index in [-0.39, 0.29) is 18.0 Å². The van der Waals surface area contributed by atoms with E-state index in [2.05, 4.69) is 4.90 Å². The van der Waals surface area contributed by atoms with E-state index in [9.17, 15) is 4.79 Å². The molecule has 2 atom stereocenters. The first-order valence-corrected chi connectivity index (χ1v) is 6.04. The van der Waals surface area contributed by atoms with Gasteiger partial charge in [-0.05, 0) is 13.3 Å². The fourth-order valence-corrected chi connectivity index (χ4v) is 2.37. The molecule has 0 radical (unpaired) electrons. The Bertz CT molecular complexity index is 254. The van der Waals surface area contributed by atoms with Crippen LogP contribution in [-0.4, -0.2) is 67.2 Å². The molecule has 0 aromatic rings. The Hall–Kier alpha value is -0.650. The highest BCUT2D eigenvalue weighted by molar-refractivity contribution is 5.81. The van der Waals surface area contributed by atoms with Crippen molar-refractivity contribution in [3.05, 3.63) is 0 Å². The van der Waals surface area contributed by atoms with Gasteiger partial charge in [-0.2, -0.15) is 0 Å². The monoisotopic (exact) mass is 227 g/mol. The Morgan fingerprint density at radius 2 is 2.06 bits per heavy atom. The Labute approximate surface area is 96.5 Å². The lowest BCUT2D eigenvalue weighted by molar-refractivity contribution is -0.140. The first-order valence-electron chi connectivity index (χ1n) is 6.04. The zero-order chi connectivity index (χ0) is 11.5.